The quantitative estimate of drug-likeness (QED) is 0.749. The number of nitrogens with one attached hydrogen (secondary N) is 1. The van der Waals surface area contributed by atoms with Gasteiger partial charge in [-0.1, -0.05) is 0 Å². The molecule has 2 aliphatic rings. The molecular weight excluding hydrogens is 234 g/mol. The van der Waals surface area contributed by atoms with Crippen molar-refractivity contribution in [1.82, 2.24) is 15.1 Å². The van der Waals surface area contributed by atoms with Crippen LogP contribution < -0.4 is 5.32 Å². The van der Waals surface area contributed by atoms with E-state index in [1.165, 1.54) is 0 Å². The Morgan fingerprint density at radius 3 is 2.67 bits per heavy atom. The van der Waals surface area contributed by atoms with Gasteiger partial charge in [0.15, 0.2) is 0 Å². The van der Waals surface area contributed by atoms with E-state index >= 15 is 0 Å². The van der Waals surface area contributed by atoms with E-state index in [4.69, 9.17) is 4.74 Å². The zero-order valence-corrected chi connectivity index (χ0v) is 11.3. The van der Waals surface area contributed by atoms with E-state index in [1.54, 1.807) is 24.0 Å². The lowest BCUT2D eigenvalue weighted by Gasteiger charge is -2.23. The smallest absolute Gasteiger partial charge is 0.317 e. The predicted octanol–water partition coefficient (Wildman–Crippen LogP) is -0.108. The van der Waals surface area contributed by atoms with Gasteiger partial charge in [-0.05, 0) is 13.8 Å². The Hall–Kier alpha value is -1.30. The van der Waals surface area contributed by atoms with E-state index < -0.39 is 6.10 Å². The minimum atomic E-state index is -0.406. The molecule has 2 fully saturated rings. The molecule has 0 bridgehead atoms. The summed E-state index contributed by atoms with van der Waals surface area (Å²) in [5, 5.41) is 2.88. The van der Waals surface area contributed by atoms with Gasteiger partial charge in [0, 0.05) is 39.2 Å². The summed E-state index contributed by atoms with van der Waals surface area (Å²) in [6.07, 6.45) is -0.406. The first-order valence-corrected chi connectivity index (χ1v) is 6.30. The highest BCUT2D eigenvalue weighted by Crippen LogP contribution is 2.33. The summed E-state index contributed by atoms with van der Waals surface area (Å²) in [5.41, 5.74) is 0. The first kappa shape index (κ1) is 13.1. The van der Waals surface area contributed by atoms with Gasteiger partial charge in [-0.2, -0.15) is 0 Å². The highest BCUT2D eigenvalue weighted by atomic mass is 16.5. The molecule has 3 amide bonds. The highest BCUT2D eigenvalue weighted by Gasteiger charge is 2.52. The highest BCUT2D eigenvalue weighted by molar-refractivity contribution is 5.85. The first-order chi connectivity index (χ1) is 8.45. The fourth-order valence-corrected chi connectivity index (χ4v) is 2.85. The Kier molecular flexibility index (Phi) is 3.47. The van der Waals surface area contributed by atoms with Crippen molar-refractivity contribution in [3.05, 3.63) is 0 Å². The Morgan fingerprint density at radius 2 is 2.11 bits per heavy atom. The van der Waals surface area contributed by atoms with Crippen LogP contribution in [-0.2, 0) is 9.53 Å². The topological polar surface area (TPSA) is 61.9 Å². The van der Waals surface area contributed by atoms with E-state index in [0.717, 1.165) is 0 Å². The summed E-state index contributed by atoms with van der Waals surface area (Å²) in [7, 11) is 3.33. The Labute approximate surface area is 107 Å². The van der Waals surface area contributed by atoms with E-state index in [2.05, 4.69) is 5.32 Å². The van der Waals surface area contributed by atoms with Crippen LogP contribution in [0.3, 0.4) is 0 Å². The maximum Gasteiger partial charge on any atom is 0.317 e. The van der Waals surface area contributed by atoms with Gasteiger partial charge in [-0.15, -0.1) is 0 Å². The van der Waals surface area contributed by atoms with Crippen LogP contribution in [-0.4, -0.2) is 67.2 Å². The number of likely N-dealkylation sites (N-methyl/N-ethyl adjacent to an activating group) is 1. The third kappa shape index (κ3) is 2.05. The number of urea groups is 1. The fourth-order valence-electron chi connectivity index (χ4n) is 2.85. The van der Waals surface area contributed by atoms with Crippen LogP contribution in [0, 0.1) is 5.92 Å². The minimum absolute atomic E-state index is 0.0245. The van der Waals surface area contributed by atoms with Gasteiger partial charge in [-0.25, -0.2) is 4.79 Å². The molecule has 0 aromatic rings. The van der Waals surface area contributed by atoms with Crippen molar-refractivity contribution in [3.8, 4) is 0 Å². The summed E-state index contributed by atoms with van der Waals surface area (Å²) >= 11 is 0. The van der Waals surface area contributed by atoms with Gasteiger partial charge < -0.3 is 19.9 Å². The molecular formula is C12H21N3O3. The molecule has 1 N–H and O–H groups in total. The van der Waals surface area contributed by atoms with Crippen molar-refractivity contribution in [2.45, 2.75) is 32.0 Å². The normalized spacial score (nSPS) is 31.2. The average Bonchev–Trinajstić information content (AvgIpc) is 2.80. The van der Waals surface area contributed by atoms with Crippen LogP contribution >= 0.6 is 0 Å². The molecule has 0 unspecified atom stereocenters. The average molecular weight is 255 g/mol. The zero-order valence-electron chi connectivity index (χ0n) is 11.3. The number of rotatable bonds is 2. The van der Waals surface area contributed by atoms with Crippen LogP contribution in [0.1, 0.15) is 13.8 Å². The second kappa shape index (κ2) is 4.76. The van der Waals surface area contributed by atoms with Crippen LogP contribution in [0.25, 0.3) is 0 Å². The molecule has 6 heteroatoms. The number of hydrogen-bond acceptors (Lipinski definition) is 3. The van der Waals surface area contributed by atoms with Crippen molar-refractivity contribution in [2.24, 2.45) is 5.92 Å². The van der Waals surface area contributed by atoms with Gasteiger partial charge in [-0.3, -0.25) is 4.79 Å². The number of nitrogens with zero attached hydrogens (tertiary/aromatic N) is 2. The molecule has 0 aromatic carbocycles. The Bertz CT molecular complexity index is 358. The number of methoxy groups -OCH3 is 1. The van der Waals surface area contributed by atoms with Crippen LogP contribution in [0.2, 0.25) is 0 Å². The molecule has 0 spiro atoms. The first-order valence-electron chi connectivity index (χ1n) is 6.30. The van der Waals surface area contributed by atoms with Crippen LogP contribution in [0.5, 0.6) is 0 Å². The van der Waals surface area contributed by atoms with Crippen molar-refractivity contribution in [2.75, 3.05) is 27.2 Å². The Morgan fingerprint density at radius 1 is 1.44 bits per heavy atom. The number of likely N-dealkylation sites (tertiary alicyclic amines) is 2. The third-order valence-corrected chi connectivity index (χ3v) is 3.76. The van der Waals surface area contributed by atoms with E-state index in [9.17, 15) is 9.59 Å². The Balaban J connectivity index is 2.04. The van der Waals surface area contributed by atoms with E-state index in [-0.39, 0.29) is 29.9 Å². The van der Waals surface area contributed by atoms with Gasteiger partial charge in [0.25, 0.3) is 5.91 Å². The molecule has 6 nitrogen and oxygen atoms in total. The largest absolute Gasteiger partial charge is 0.371 e. The van der Waals surface area contributed by atoms with E-state index in [1.807, 2.05) is 13.8 Å². The molecule has 2 aliphatic heterocycles. The number of carbonyl (C=O) groups excluding carboxylic acids is 2. The standard InChI is InChI=1S/C12H21N3O3/c1-7(2)13-12(17)15-5-8-9(6-15)14(3)11(16)10(8)18-4/h7-10H,5-6H2,1-4H3,(H,13,17)/t8-,9+,10-/m0/s1. The maximum absolute atomic E-state index is 11.9. The van der Waals surface area contributed by atoms with Gasteiger partial charge in [0.1, 0.15) is 6.10 Å². The van der Waals surface area contributed by atoms with Gasteiger partial charge in [0.2, 0.25) is 0 Å². The lowest BCUT2D eigenvalue weighted by Crippen LogP contribution is -2.45. The second-order valence-electron chi connectivity index (χ2n) is 5.35. The summed E-state index contributed by atoms with van der Waals surface area (Å²) in [6.45, 7) is 5.04. The number of ether oxygens (including phenoxy) is 1. The van der Waals surface area contributed by atoms with Crippen molar-refractivity contribution in [1.29, 1.82) is 0 Å². The predicted molar refractivity (Wildman–Crippen MR) is 66.1 cm³/mol. The number of carbonyl (C=O) groups is 2. The van der Waals surface area contributed by atoms with Gasteiger partial charge in [0.05, 0.1) is 6.04 Å². The molecule has 2 saturated heterocycles. The molecule has 102 valence electrons. The molecule has 2 heterocycles. The lowest BCUT2D eigenvalue weighted by atomic mass is 10.0. The second-order valence-corrected chi connectivity index (χ2v) is 5.35. The molecule has 18 heavy (non-hydrogen) atoms. The van der Waals surface area contributed by atoms with Crippen molar-refractivity contribution in [3.63, 3.8) is 0 Å². The third-order valence-electron chi connectivity index (χ3n) is 3.76. The number of hydrogen-bond donors (Lipinski definition) is 1. The summed E-state index contributed by atoms with van der Waals surface area (Å²) in [4.78, 5) is 27.3. The summed E-state index contributed by atoms with van der Waals surface area (Å²) in [5.74, 6) is 0.113. The number of fused-ring (bicyclic) bond motifs is 1. The zero-order chi connectivity index (χ0) is 13.4. The summed E-state index contributed by atoms with van der Waals surface area (Å²) in [6, 6.07) is 0.144. The van der Waals surface area contributed by atoms with Crippen molar-refractivity contribution < 1.29 is 14.3 Å². The number of amides is 3. The molecule has 0 aliphatic carbocycles. The van der Waals surface area contributed by atoms with E-state index in [0.29, 0.717) is 13.1 Å². The van der Waals surface area contributed by atoms with Gasteiger partial charge >= 0.3 is 6.03 Å². The SMILES string of the molecule is CO[C@@H]1C(=O)N(C)[C@@H]2CN(C(=O)NC(C)C)C[C@H]12. The van der Waals surface area contributed by atoms with Crippen molar-refractivity contribution >= 4 is 11.9 Å². The monoisotopic (exact) mass is 255 g/mol. The molecule has 2 rings (SSSR count). The maximum atomic E-state index is 11.9. The minimum Gasteiger partial charge on any atom is -0.371 e. The lowest BCUT2D eigenvalue weighted by molar-refractivity contribution is -0.136. The van der Waals surface area contributed by atoms with Crippen LogP contribution in [0.4, 0.5) is 4.79 Å². The fraction of sp³-hybridized carbons (Fsp3) is 0.833. The molecule has 0 saturated carbocycles. The molecule has 0 aromatic heterocycles. The summed E-state index contributed by atoms with van der Waals surface area (Å²) < 4.78 is 5.27. The van der Waals surface area contributed by atoms with Crippen LogP contribution in [0.15, 0.2) is 0 Å². The molecule has 0 radical (unpaired) electrons. The molecule has 3 atom stereocenters.